The van der Waals surface area contributed by atoms with Gasteiger partial charge in [0, 0.05) is 12.1 Å². The molecule has 2 aromatic heterocycles. The van der Waals surface area contributed by atoms with E-state index in [0.29, 0.717) is 5.76 Å². The molecule has 0 aliphatic rings. The molecule has 0 aliphatic carbocycles. The standard InChI is InChI=1S/C16H12F3N5O2/c1-9-6-14(24-26-9)23-15(25)12-7-13(21-8-20-12)22-11-5-3-2-4-10(11)16(17,18)19/h2-8H,1H3,(H,20,21,22)(H,23,24,25). The van der Waals surface area contributed by atoms with E-state index in [1.165, 1.54) is 30.3 Å². The Bertz CT molecular complexity index is 939. The van der Waals surface area contributed by atoms with Crippen molar-refractivity contribution in [2.75, 3.05) is 10.6 Å². The molecule has 0 fully saturated rings. The summed E-state index contributed by atoms with van der Waals surface area (Å²) in [6.07, 6.45) is -3.46. The maximum absolute atomic E-state index is 13.1. The highest BCUT2D eigenvalue weighted by Gasteiger charge is 2.33. The van der Waals surface area contributed by atoms with E-state index in [4.69, 9.17) is 4.52 Å². The summed E-state index contributed by atoms with van der Waals surface area (Å²) in [5.41, 5.74) is -1.08. The molecule has 2 heterocycles. The molecular weight excluding hydrogens is 351 g/mol. The number of benzene rings is 1. The quantitative estimate of drug-likeness (QED) is 0.733. The first-order chi connectivity index (χ1) is 12.3. The largest absolute Gasteiger partial charge is 0.418 e. The molecule has 0 saturated carbocycles. The van der Waals surface area contributed by atoms with Gasteiger partial charge in [-0.05, 0) is 19.1 Å². The second-order valence-electron chi connectivity index (χ2n) is 5.23. The van der Waals surface area contributed by atoms with E-state index in [0.717, 1.165) is 12.4 Å². The first-order valence-corrected chi connectivity index (χ1v) is 7.33. The molecule has 0 unspecified atom stereocenters. The molecule has 3 rings (SSSR count). The van der Waals surface area contributed by atoms with Crippen LogP contribution in [-0.4, -0.2) is 21.0 Å². The molecule has 0 saturated heterocycles. The lowest BCUT2D eigenvalue weighted by Crippen LogP contribution is -2.15. The van der Waals surface area contributed by atoms with Crippen LogP contribution in [0.5, 0.6) is 0 Å². The van der Waals surface area contributed by atoms with Gasteiger partial charge in [0.05, 0.1) is 11.3 Å². The van der Waals surface area contributed by atoms with Gasteiger partial charge in [-0.1, -0.05) is 17.3 Å². The van der Waals surface area contributed by atoms with Crippen molar-refractivity contribution in [3.05, 3.63) is 59.7 Å². The average Bonchev–Trinajstić information content (AvgIpc) is 2.99. The highest BCUT2D eigenvalue weighted by atomic mass is 19.4. The Morgan fingerprint density at radius 2 is 1.88 bits per heavy atom. The average molecular weight is 363 g/mol. The van der Waals surface area contributed by atoms with Crippen LogP contribution in [0.3, 0.4) is 0 Å². The summed E-state index contributed by atoms with van der Waals surface area (Å²) in [6.45, 7) is 1.66. The van der Waals surface area contributed by atoms with Crippen LogP contribution in [0.4, 0.5) is 30.5 Å². The molecule has 0 atom stereocenters. The number of hydrogen-bond acceptors (Lipinski definition) is 6. The number of hydrogen-bond donors (Lipinski definition) is 2. The van der Waals surface area contributed by atoms with Gasteiger partial charge in [-0.15, -0.1) is 0 Å². The first kappa shape index (κ1) is 17.4. The first-order valence-electron chi connectivity index (χ1n) is 7.33. The van der Waals surface area contributed by atoms with Gasteiger partial charge < -0.3 is 15.2 Å². The molecule has 0 aliphatic heterocycles. The Hall–Kier alpha value is -3.43. The number of para-hydroxylation sites is 1. The molecule has 26 heavy (non-hydrogen) atoms. The lowest BCUT2D eigenvalue weighted by molar-refractivity contribution is -0.136. The van der Waals surface area contributed by atoms with Crippen molar-refractivity contribution in [1.82, 2.24) is 15.1 Å². The molecule has 7 nitrogen and oxygen atoms in total. The summed E-state index contributed by atoms with van der Waals surface area (Å²) in [4.78, 5) is 19.8. The number of aryl methyl sites for hydroxylation is 1. The minimum atomic E-state index is -4.53. The number of halogens is 3. The van der Waals surface area contributed by atoms with Gasteiger partial charge in [0.25, 0.3) is 5.91 Å². The maximum Gasteiger partial charge on any atom is 0.418 e. The fraction of sp³-hybridized carbons (Fsp3) is 0.125. The molecule has 0 bridgehead atoms. The molecule has 2 N–H and O–H groups in total. The lowest BCUT2D eigenvalue weighted by Gasteiger charge is -2.14. The molecule has 0 radical (unpaired) electrons. The number of alkyl halides is 3. The van der Waals surface area contributed by atoms with E-state index >= 15 is 0 Å². The molecule has 1 aromatic carbocycles. The molecular formula is C16H12F3N5O2. The molecule has 1 amide bonds. The van der Waals surface area contributed by atoms with Gasteiger partial charge in [-0.3, -0.25) is 4.79 Å². The van der Waals surface area contributed by atoms with Crippen LogP contribution in [0.25, 0.3) is 0 Å². The van der Waals surface area contributed by atoms with Crippen molar-refractivity contribution < 1.29 is 22.5 Å². The van der Waals surface area contributed by atoms with E-state index < -0.39 is 17.6 Å². The van der Waals surface area contributed by atoms with Crippen molar-refractivity contribution in [3.8, 4) is 0 Å². The molecule has 0 spiro atoms. The van der Waals surface area contributed by atoms with Gasteiger partial charge in [0.15, 0.2) is 5.82 Å². The minimum Gasteiger partial charge on any atom is -0.360 e. The van der Waals surface area contributed by atoms with Crippen molar-refractivity contribution in [3.63, 3.8) is 0 Å². The lowest BCUT2D eigenvalue weighted by atomic mass is 10.1. The summed E-state index contributed by atoms with van der Waals surface area (Å²) in [5.74, 6) is 0.142. The van der Waals surface area contributed by atoms with Crippen molar-refractivity contribution in [2.45, 2.75) is 13.1 Å². The van der Waals surface area contributed by atoms with Gasteiger partial charge in [0.1, 0.15) is 23.6 Å². The van der Waals surface area contributed by atoms with Crippen LogP contribution in [0.2, 0.25) is 0 Å². The third kappa shape index (κ3) is 3.97. The zero-order chi connectivity index (χ0) is 18.7. The number of nitrogens with one attached hydrogen (secondary N) is 2. The van der Waals surface area contributed by atoms with Gasteiger partial charge in [-0.2, -0.15) is 13.2 Å². The summed E-state index contributed by atoms with van der Waals surface area (Å²) in [5, 5.41) is 8.64. The summed E-state index contributed by atoms with van der Waals surface area (Å²) in [6, 6.07) is 7.70. The Morgan fingerprint density at radius 3 is 2.58 bits per heavy atom. The predicted octanol–water partition coefficient (Wildman–Crippen LogP) is 3.79. The Labute approximate surface area is 145 Å². The normalized spacial score (nSPS) is 11.2. The molecule has 3 aromatic rings. The summed E-state index contributed by atoms with van der Waals surface area (Å²) < 4.78 is 44.0. The number of nitrogens with zero attached hydrogens (tertiary/aromatic N) is 3. The predicted molar refractivity (Wildman–Crippen MR) is 86.0 cm³/mol. The van der Waals surface area contributed by atoms with Crippen LogP contribution in [-0.2, 0) is 6.18 Å². The van der Waals surface area contributed by atoms with Crippen LogP contribution in [0, 0.1) is 6.92 Å². The van der Waals surface area contributed by atoms with E-state index in [2.05, 4.69) is 25.8 Å². The fourth-order valence-electron chi connectivity index (χ4n) is 2.13. The Kier molecular flexibility index (Phi) is 4.57. The minimum absolute atomic E-state index is 0.0400. The highest BCUT2D eigenvalue weighted by molar-refractivity contribution is 6.02. The third-order valence-corrected chi connectivity index (χ3v) is 3.26. The number of rotatable bonds is 4. The maximum atomic E-state index is 13.1. The van der Waals surface area contributed by atoms with Crippen LogP contribution in [0.15, 0.2) is 47.2 Å². The van der Waals surface area contributed by atoms with Crippen LogP contribution < -0.4 is 10.6 Å². The van der Waals surface area contributed by atoms with Crippen molar-refractivity contribution in [1.29, 1.82) is 0 Å². The fourth-order valence-corrected chi connectivity index (χ4v) is 2.13. The Balaban J connectivity index is 1.81. The number of anilines is 3. The zero-order valence-electron chi connectivity index (χ0n) is 13.3. The Morgan fingerprint density at radius 1 is 1.12 bits per heavy atom. The topological polar surface area (TPSA) is 92.9 Å². The zero-order valence-corrected chi connectivity index (χ0v) is 13.3. The number of carbonyl (C=O) groups is 1. The van der Waals surface area contributed by atoms with E-state index in [1.807, 2.05) is 0 Å². The monoisotopic (exact) mass is 363 g/mol. The smallest absolute Gasteiger partial charge is 0.360 e. The number of carbonyl (C=O) groups excluding carboxylic acids is 1. The number of amides is 1. The van der Waals surface area contributed by atoms with Crippen LogP contribution in [0.1, 0.15) is 21.8 Å². The van der Waals surface area contributed by atoms with Crippen molar-refractivity contribution in [2.24, 2.45) is 0 Å². The van der Waals surface area contributed by atoms with Crippen molar-refractivity contribution >= 4 is 23.2 Å². The van der Waals surface area contributed by atoms with Gasteiger partial charge in [0.2, 0.25) is 0 Å². The molecule has 134 valence electrons. The molecule has 10 heteroatoms. The van der Waals surface area contributed by atoms with Gasteiger partial charge >= 0.3 is 6.18 Å². The highest BCUT2D eigenvalue weighted by Crippen LogP contribution is 2.35. The van der Waals surface area contributed by atoms with Gasteiger partial charge in [-0.25, -0.2) is 9.97 Å². The second kappa shape index (κ2) is 6.82. The van der Waals surface area contributed by atoms with Crippen LogP contribution >= 0.6 is 0 Å². The summed E-state index contributed by atoms with van der Waals surface area (Å²) in [7, 11) is 0. The second-order valence-corrected chi connectivity index (χ2v) is 5.23. The van der Waals surface area contributed by atoms with E-state index in [9.17, 15) is 18.0 Å². The SMILES string of the molecule is Cc1cc(NC(=O)c2cc(Nc3ccccc3C(F)(F)F)ncn2)no1. The van der Waals surface area contributed by atoms with E-state index in [-0.39, 0.29) is 23.0 Å². The summed E-state index contributed by atoms with van der Waals surface area (Å²) >= 11 is 0. The number of aromatic nitrogens is 3. The van der Waals surface area contributed by atoms with E-state index in [1.54, 1.807) is 6.92 Å². The third-order valence-electron chi connectivity index (χ3n) is 3.26.